The number of hydrogen-bond donors (Lipinski definition) is 0. The zero-order chi connectivity index (χ0) is 35.6. The van der Waals surface area contributed by atoms with Gasteiger partial charge in [0.15, 0.2) is 0 Å². The van der Waals surface area contributed by atoms with E-state index in [1.54, 1.807) is 0 Å². The minimum absolute atomic E-state index is 0.588. The van der Waals surface area contributed by atoms with Gasteiger partial charge in [-0.1, -0.05) is 176 Å². The predicted octanol–water partition coefficient (Wildman–Crippen LogP) is 11.8. The summed E-state index contributed by atoms with van der Waals surface area (Å²) < 4.78 is 2.26. The van der Waals surface area contributed by atoms with Gasteiger partial charge < -0.3 is 0 Å². The van der Waals surface area contributed by atoms with Crippen LogP contribution in [0.15, 0.2) is 194 Å². The fourth-order valence-electron chi connectivity index (χ4n) is 8.89. The molecule has 0 radical (unpaired) electrons. The molecular weight excluding hydrogens is 657 g/mol. The lowest BCUT2D eigenvalue weighted by molar-refractivity contribution is 0.773. The summed E-state index contributed by atoms with van der Waals surface area (Å²) in [5.41, 5.74) is 13.6. The third-order valence-electron chi connectivity index (χ3n) is 11.1. The van der Waals surface area contributed by atoms with Crippen LogP contribution < -0.4 is 0 Å². The molecule has 4 heteroatoms. The molecule has 3 aromatic heterocycles. The fourth-order valence-corrected chi connectivity index (χ4v) is 8.89. The quantitative estimate of drug-likeness (QED) is 0.181. The standard InChI is InChI=1S/C50H32N4/c1-5-17-33(18-6-1)43-31-44(34-19-7-2-8-20-34)53-49(52-43)54-45-28-16-14-26-38(45)41-32-51-47-40(48(41)54)30-29-39-37-25-13-15-27-42(37)50(46(39)47,35-21-9-3-10-22-35)36-23-11-4-12-24-36/h1-32H. The van der Waals surface area contributed by atoms with Gasteiger partial charge in [-0.2, -0.15) is 0 Å². The van der Waals surface area contributed by atoms with E-state index in [1.165, 1.54) is 33.4 Å². The largest absolute Gasteiger partial charge is 0.277 e. The number of rotatable bonds is 5. The summed E-state index contributed by atoms with van der Waals surface area (Å²) in [7, 11) is 0. The highest BCUT2D eigenvalue weighted by Crippen LogP contribution is 2.58. The summed E-state index contributed by atoms with van der Waals surface area (Å²) >= 11 is 0. The van der Waals surface area contributed by atoms with E-state index in [1.807, 2.05) is 12.1 Å². The smallest absolute Gasteiger partial charge is 0.235 e. The van der Waals surface area contributed by atoms with E-state index >= 15 is 0 Å². The minimum atomic E-state index is -0.588. The molecule has 10 aromatic rings. The van der Waals surface area contributed by atoms with Crippen molar-refractivity contribution in [2.24, 2.45) is 0 Å². The Morgan fingerprint density at radius 2 is 1.00 bits per heavy atom. The van der Waals surface area contributed by atoms with Crippen LogP contribution in [0.3, 0.4) is 0 Å². The maximum Gasteiger partial charge on any atom is 0.235 e. The molecule has 3 heterocycles. The van der Waals surface area contributed by atoms with E-state index in [4.69, 9.17) is 15.0 Å². The highest BCUT2D eigenvalue weighted by molar-refractivity contribution is 6.19. The summed E-state index contributed by atoms with van der Waals surface area (Å²) in [6.07, 6.45) is 2.07. The van der Waals surface area contributed by atoms with Crippen LogP contribution in [0.1, 0.15) is 22.3 Å². The number of para-hydroxylation sites is 1. The number of pyridine rings is 1. The molecule has 0 amide bonds. The van der Waals surface area contributed by atoms with Gasteiger partial charge in [0.1, 0.15) is 0 Å². The Bertz CT molecular complexity index is 2930. The molecule has 0 N–H and O–H groups in total. The van der Waals surface area contributed by atoms with Crippen molar-refractivity contribution in [2.75, 3.05) is 0 Å². The van der Waals surface area contributed by atoms with Crippen molar-refractivity contribution in [3.8, 4) is 39.6 Å². The second kappa shape index (κ2) is 11.9. The summed E-state index contributed by atoms with van der Waals surface area (Å²) in [6.45, 7) is 0. The lowest BCUT2D eigenvalue weighted by Gasteiger charge is -2.34. The van der Waals surface area contributed by atoms with Crippen molar-refractivity contribution < 1.29 is 0 Å². The van der Waals surface area contributed by atoms with Crippen LogP contribution in [0.2, 0.25) is 0 Å². The van der Waals surface area contributed by atoms with Crippen LogP contribution in [0, 0.1) is 0 Å². The number of nitrogens with zero attached hydrogens (tertiary/aromatic N) is 4. The molecule has 7 aromatic carbocycles. The fraction of sp³-hybridized carbons (Fsp3) is 0.0200. The number of aromatic nitrogens is 4. The van der Waals surface area contributed by atoms with Crippen molar-refractivity contribution in [3.63, 3.8) is 0 Å². The zero-order valence-corrected chi connectivity index (χ0v) is 29.3. The minimum Gasteiger partial charge on any atom is -0.277 e. The van der Waals surface area contributed by atoms with E-state index < -0.39 is 5.41 Å². The molecule has 0 atom stereocenters. The molecule has 0 saturated heterocycles. The molecule has 11 rings (SSSR count). The van der Waals surface area contributed by atoms with Crippen LogP contribution in [0.5, 0.6) is 0 Å². The van der Waals surface area contributed by atoms with Crippen LogP contribution in [-0.4, -0.2) is 19.5 Å². The van der Waals surface area contributed by atoms with Crippen molar-refractivity contribution in [1.82, 2.24) is 19.5 Å². The third-order valence-corrected chi connectivity index (χ3v) is 11.1. The molecule has 1 aliphatic rings. The molecule has 1 aliphatic carbocycles. The SMILES string of the molecule is c1ccc(-c2cc(-c3ccccc3)nc(-n3c4ccccc4c4cnc5c6c(ccc5c43)-c3ccccc3C6(c3ccccc3)c3ccccc3)n2)cc1. The maximum atomic E-state index is 5.44. The van der Waals surface area contributed by atoms with Crippen LogP contribution >= 0.6 is 0 Å². The lowest BCUT2D eigenvalue weighted by Crippen LogP contribution is -2.29. The van der Waals surface area contributed by atoms with Crippen LogP contribution in [0.25, 0.3) is 72.3 Å². The van der Waals surface area contributed by atoms with Gasteiger partial charge in [-0.25, -0.2) is 9.97 Å². The van der Waals surface area contributed by atoms with Gasteiger partial charge in [-0.3, -0.25) is 9.55 Å². The molecule has 0 aliphatic heterocycles. The Labute approximate surface area is 312 Å². The average Bonchev–Trinajstić information content (AvgIpc) is 3.76. The number of hydrogen-bond acceptors (Lipinski definition) is 3. The molecule has 252 valence electrons. The van der Waals surface area contributed by atoms with Gasteiger partial charge in [0.25, 0.3) is 0 Å². The Hall–Kier alpha value is -7.17. The molecule has 0 fully saturated rings. The Kier molecular flexibility index (Phi) is 6.73. The molecule has 54 heavy (non-hydrogen) atoms. The predicted molar refractivity (Wildman–Crippen MR) is 220 cm³/mol. The van der Waals surface area contributed by atoms with Crippen LogP contribution in [-0.2, 0) is 5.41 Å². The summed E-state index contributed by atoms with van der Waals surface area (Å²) in [4.78, 5) is 16.1. The highest BCUT2D eigenvalue weighted by atomic mass is 15.2. The van der Waals surface area contributed by atoms with E-state index in [0.717, 1.165) is 55.2 Å². The first-order valence-corrected chi connectivity index (χ1v) is 18.4. The van der Waals surface area contributed by atoms with E-state index in [9.17, 15) is 0 Å². The van der Waals surface area contributed by atoms with Crippen molar-refractivity contribution in [2.45, 2.75) is 5.41 Å². The van der Waals surface area contributed by atoms with Crippen molar-refractivity contribution in [1.29, 1.82) is 0 Å². The Morgan fingerprint density at radius 3 is 1.65 bits per heavy atom. The first kappa shape index (κ1) is 30.5. The second-order valence-electron chi connectivity index (χ2n) is 14.0. The van der Waals surface area contributed by atoms with Gasteiger partial charge >= 0.3 is 0 Å². The molecular formula is C50H32N4. The lowest BCUT2D eigenvalue weighted by atomic mass is 9.67. The number of fused-ring (bicyclic) bond motifs is 9. The zero-order valence-electron chi connectivity index (χ0n) is 29.3. The Morgan fingerprint density at radius 1 is 0.444 bits per heavy atom. The van der Waals surface area contributed by atoms with E-state index in [0.29, 0.717) is 5.95 Å². The van der Waals surface area contributed by atoms with E-state index in [-0.39, 0.29) is 0 Å². The van der Waals surface area contributed by atoms with Crippen molar-refractivity contribution in [3.05, 3.63) is 217 Å². The van der Waals surface area contributed by atoms with Crippen LogP contribution in [0.4, 0.5) is 0 Å². The normalized spacial score (nSPS) is 13.0. The van der Waals surface area contributed by atoms with Crippen molar-refractivity contribution >= 4 is 32.7 Å². The number of benzene rings is 7. The average molecular weight is 689 g/mol. The van der Waals surface area contributed by atoms with Gasteiger partial charge in [0.2, 0.25) is 5.95 Å². The first-order chi connectivity index (χ1) is 26.8. The Balaban J connectivity index is 1.29. The van der Waals surface area contributed by atoms with Gasteiger partial charge in [-0.05, 0) is 39.9 Å². The third kappa shape index (κ3) is 4.34. The second-order valence-corrected chi connectivity index (χ2v) is 14.0. The molecule has 0 bridgehead atoms. The first-order valence-electron chi connectivity index (χ1n) is 18.4. The topological polar surface area (TPSA) is 43.6 Å². The highest BCUT2D eigenvalue weighted by Gasteiger charge is 2.47. The summed E-state index contributed by atoms with van der Waals surface area (Å²) in [6, 6.07) is 66.7. The maximum absolute atomic E-state index is 5.44. The summed E-state index contributed by atoms with van der Waals surface area (Å²) in [5.74, 6) is 0.620. The monoisotopic (exact) mass is 688 g/mol. The molecule has 0 unspecified atom stereocenters. The van der Waals surface area contributed by atoms with Gasteiger partial charge in [-0.15, -0.1) is 0 Å². The molecule has 0 saturated carbocycles. The summed E-state index contributed by atoms with van der Waals surface area (Å²) in [5, 5.41) is 3.23. The van der Waals surface area contributed by atoms with E-state index in [2.05, 4.69) is 187 Å². The van der Waals surface area contributed by atoms with Gasteiger partial charge in [0.05, 0.1) is 33.4 Å². The van der Waals surface area contributed by atoms with Gasteiger partial charge in [0, 0.05) is 39.0 Å². The molecule has 0 spiro atoms. The molecule has 4 nitrogen and oxygen atoms in total.